The first kappa shape index (κ1) is 11.9. The Morgan fingerprint density at radius 1 is 1.06 bits per heavy atom. The second-order valence-electron chi connectivity index (χ2n) is 3.45. The first-order valence-electron chi connectivity index (χ1n) is 4.93. The smallest absolute Gasteiger partial charge is 0.196 e. The molecule has 4 heteroatoms. The minimum absolute atomic E-state index is 0.00767. The van der Waals surface area contributed by atoms with Gasteiger partial charge in [0.1, 0.15) is 11.5 Å². The molecule has 0 unspecified atom stereocenters. The molecule has 0 heterocycles. The molecule has 0 aromatic heterocycles. The predicted octanol–water partition coefficient (Wildman–Crippen LogP) is 3.35. The number of benzene rings is 2. The van der Waals surface area contributed by atoms with Crippen LogP contribution >= 0.6 is 23.0 Å². The van der Waals surface area contributed by atoms with Crippen LogP contribution in [0, 0.1) is 0 Å². The number of carbonyl (C=O) groups is 1. The van der Waals surface area contributed by atoms with Crippen LogP contribution in [0.15, 0.2) is 48.5 Å². The van der Waals surface area contributed by atoms with E-state index in [2.05, 4.69) is 0 Å². The molecule has 0 saturated carbocycles. The van der Waals surface area contributed by atoms with E-state index >= 15 is 0 Å². The lowest BCUT2D eigenvalue weighted by Crippen LogP contribution is -2.01. The van der Waals surface area contributed by atoms with E-state index in [4.69, 9.17) is 3.07 Å². The van der Waals surface area contributed by atoms with Crippen molar-refractivity contribution < 1.29 is 13.0 Å². The van der Waals surface area contributed by atoms with Gasteiger partial charge in [-0.15, -0.1) is 0 Å². The van der Waals surface area contributed by atoms with Crippen LogP contribution in [0.25, 0.3) is 0 Å². The predicted molar refractivity (Wildman–Crippen MR) is 72.6 cm³/mol. The summed E-state index contributed by atoms with van der Waals surface area (Å²) in [5, 5.41) is 9.60. The van der Waals surface area contributed by atoms with Crippen molar-refractivity contribution in [2.24, 2.45) is 0 Å². The number of halogens is 1. The molecule has 86 valence electrons. The number of carbonyl (C=O) groups excluding carboxylic acids is 1. The number of ketones is 1. The van der Waals surface area contributed by atoms with E-state index in [1.165, 1.54) is 6.07 Å². The number of rotatable bonds is 3. The summed E-state index contributed by atoms with van der Waals surface area (Å²) in [5.74, 6) is 0.467. The molecule has 0 amide bonds. The van der Waals surface area contributed by atoms with Crippen molar-refractivity contribution in [1.82, 2.24) is 0 Å². The molecule has 0 aliphatic rings. The number of phenolic OH excluding ortho intramolecular Hbond substituents is 1. The van der Waals surface area contributed by atoms with Gasteiger partial charge in [-0.3, -0.25) is 4.79 Å². The molecule has 0 atom stereocenters. The van der Waals surface area contributed by atoms with E-state index in [0.717, 1.165) is 0 Å². The van der Waals surface area contributed by atoms with Crippen LogP contribution in [0.2, 0.25) is 0 Å². The minimum Gasteiger partial charge on any atom is -0.507 e. The third-order valence-electron chi connectivity index (χ3n) is 2.35. The number of phenols is 1. The lowest BCUT2D eigenvalue weighted by molar-refractivity contribution is 0.103. The Morgan fingerprint density at radius 2 is 1.71 bits per heavy atom. The topological polar surface area (TPSA) is 46.5 Å². The molecule has 0 radical (unpaired) electrons. The minimum atomic E-state index is -0.205. The summed E-state index contributed by atoms with van der Waals surface area (Å²) in [6.45, 7) is 0. The molecule has 3 nitrogen and oxygen atoms in total. The van der Waals surface area contributed by atoms with Crippen molar-refractivity contribution in [3.8, 4) is 11.5 Å². The molecule has 0 spiro atoms. The normalized spacial score (nSPS) is 9.94. The van der Waals surface area contributed by atoms with Gasteiger partial charge < -0.3 is 8.17 Å². The van der Waals surface area contributed by atoms with Crippen molar-refractivity contribution >= 4 is 28.8 Å². The molecule has 2 aromatic carbocycles. The molecular weight excluding hydrogens is 331 g/mol. The van der Waals surface area contributed by atoms with Gasteiger partial charge in [-0.1, -0.05) is 12.1 Å². The highest BCUT2D eigenvalue weighted by molar-refractivity contribution is 14.1. The van der Waals surface area contributed by atoms with Gasteiger partial charge in [0, 0.05) is 5.56 Å². The zero-order chi connectivity index (χ0) is 12.3. The van der Waals surface area contributed by atoms with E-state index in [1.54, 1.807) is 65.5 Å². The zero-order valence-electron chi connectivity index (χ0n) is 8.76. The van der Waals surface area contributed by atoms with Crippen LogP contribution in [0.3, 0.4) is 0 Å². The Labute approximate surface area is 113 Å². The van der Waals surface area contributed by atoms with Crippen LogP contribution in [0.5, 0.6) is 11.5 Å². The third-order valence-corrected chi connectivity index (χ3v) is 2.86. The molecule has 2 rings (SSSR count). The van der Waals surface area contributed by atoms with Crippen LogP contribution in [0.4, 0.5) is 0 Å². The maximum Gasteiger partial charge on any atom is 0.196 e. The van der Waals surface area contributed by atoms with Gasteiger partial charge in [0.15, 0.2) is 28.8 Å². The molecule has 1 N–H and O–H groups in total. The number of hydrogen-bond acceptors (Lipinski definition) is 3. The Bertz CT molecular complexity index is 535. The van der Waals surface area contributed by atoms with Crippen molar-refractivity contribution in [3.05, 3.63) is 59.7 Å². The quantitative estimate of drug-likeness (QED) is 0.689. The van der Waals surface area contributed by atoms with Crippen molar-refractivity contribution in [3.63, 3.8) is 0 Å². The summed E-state index contributed by atoms with van der Waals surface area (Å²) in [6, 6.07) is 13.2. The zero-order valence-corrected chi connectivity index (χ0v) is 10.9. The van der Waals surface area contributed by atoms with E-state index in [0.29, 0.717) is 16.9 Å². The van der Waals surface area contributed by atoms with Gasteiger partial charge in [0.2, 0.25) is 0 Å². The molecule has 2 aromatic rings. The Morgan fingerprint density at radius 3 is 2.29 bits per heavy atom. The van der Waals surface area contributed by atoms with Crippen LogP contribution in [-0.4, -0.2) is 10.9 Å². The van der Waals surface area contributed by atoms with Crippen molar-refractivity contribution in [2.45, 2.75) is 0 Å². The SMILES string of the molecule is O=C(c1ccc(OI)cc1)c1ccccc1O. The van der Waals surface area contributed by atoms with Crippen LogP contribution in [-0.2, 0) is 0 Å². The average Bonchev–Trinajstić information content (AvgIpc) is 2.39. The van der Waals surface area contributed by atoms with Crippen LogP contribution < -0.4 is 3.07 Å². The van der Waals surface area contributed by atoms with E-state index < -0.39 is 0 Å². The van der Waals surface area contributed by atoms with E-state index in [1.807, 2.05) is 0 Å². The summed E-state index contributed by atoms with van der Waals surface area (Å²) in [4.78, 5) is 12.1. The largest absolute Gasteiger partial charge is 0.507 e. The molecule has 0 aliphatic heterocycles. The van der Waals surface area contributed by atoms with E-state index in [-0.39, 0.29) is 11.5 Å². The van der Waals surface area contributed by atoms with Crippen LogP contribution in [0.1, 0.15) is 15.9 Å². The first-order valence-corrected chi connectivity index (χ1v) is 5.82. The second-order valence-corrected chi connectivity index (χ2v) is 3.89. The molecule has 0 aliphatic carbocycles. The van der Waals surface area contributed by atoms with Gasteiger partial charge in [-0.2, -0.15) is 0 Å². The second kappa shape index (κ2) is 5.18. The number of hydrogen-bond donors (Lipinski definition) is 1. The van der Waals surface area contributed by atoms with Crippen molar-refractivity contribution in [2.75, 3.05) is 0 Å². The highest BCUT2D eigenvalue weighted by Gasteiger charge is 2.12. The Balaban J connectivity index is 2.34. The summed E-state index contributed by atoms with van der Waals surface area (Å²) < 4.78 is 4.99. The molecule has 0 bridgehead atoms. The summed E-state index contributed by atoms with van der Waals surface area (Å²) in [5.41, 5.74) is 0.819. The molecule has 17 heavy (non-hydrogen) atoms. The Hall–Kier alpha value is -1.56. The lowest BCUT2D eigenvalue weighted by Gasteiger charge is -2.04. The fourth-order valence-electron chi connectivity index (χ4n) is 1.48. The lowest BCUT2D eigenvalue weighted by atomic mass is 10.0. The molecule has 0 fully saturated rings. The highest BCUT2D eigenvalue weighted by Crippen LogP contribution is 2.21. The van der Waals surface area contributed by atoms with E-state index in [9.17, 15) is 9.90 Å². The first-order chi connectivity index (χ1) is 8.22. The average molecular weight is 340 g/mol. The number of para-hydroxylation sites is 1. The van der Waals surface area contributed by atoms with Gasteiger partial charge in [0.05, 0.1) is 5.56 Å². The fraction of sp³-hybridized carbons (Fsp3) is 0. The maximum atomic E-state index is 12.1. The van der Waals surface area contributed by atoms with Crippen molar-refractivity contribution in [1.29, 1.82) is 0 Å². The summed E-state index contributed by atoms with van der Waals surface area (Å²) in [7, 11) is 0. The standard InChI is InChI=1S/C13H9IO3/c14-17-10-7-5-9(6-8-10)13(16)11-3-1-2-4-12(11)15/h1-8,15H. The van der Waals surface area contributed by atoms with Gasteiger partial charge >= 0.3 is 0 Å². The van der Waals surface area contributed by atoms with Gasteiger partial charge in [-0.25, -0.2) is 0 Å². The Kier molecular flexibility index (Phi) is 3.63. The highest BCUT2D eigenvalue weighted by atomic mass is 127. The fourth-order valence-corrected chi connectivity index (χ4v) is 1.77. The maximum absolute atomic E-state index is 12.1. The third kappa shape index (κ3) is 2.58. The van der Waals surface area contributed by atoms with Gasteiger partial charge in [0.25, 0.3) is 0 Å². The van der Waals surface area contributed by atoms with Gasteiger partial charge in [-0.05, 0) is 36.4 Å². The molecule has 0 saturated heterocycles. The summed E-state index contributed by atoms with van der Waals surface area (Å²) >= 11 is 1.77. The number of aromatic hydroxyl groups is 1. The molecular formula is C13H9IO3. The monoisotopic (exact) mass is 340 g/mol. The summed E-state index contributed by atoms with van der Waals surface area (Å²) in [6.07, 6.45) is 0.